The van der Waals surface area contributed by atoms with Crippen LogP contribution in [-0.4, -0.2) is 33.9 Å². The first-order chi connectivity index (χ1) is 9.06. The van der Waals surface area contributed by atoms with Crippen LogP contribution in [0.4, 0.5) is 0 Å². The molecule has 19 heavy (non-hydrogen) atoms. The van der Waals surface area contributed by atoms with Crippen LogP contribution >= 0.6 is 0 Å². The number of rotatable bonds is 9. The molecule has 0 aliphatic carbocycles. The van der Waals surface area contributed by atoms with Crippen molar-refractivity contribution >= 4 is 5.84 Å². The van der Waals surface area contributed by atoms with Crippen molar-refractivity contribution in [2.24, 2.45) is 16.3 Å². The Balaban J connectivity index is 2.02. The Kier molecular flexibility index (Phi) is 6.35. The van der Waals surface area contributed by atoms with Gasteiger partial charge in [-0.3, -0.25) is 4.68 Å². The van der Waals surface area contributed by atoms with Gasteiger partial charge in [0, 0.05) is 24.4 Å². The van der Waals surface area contributed by atoms with E-state index < -0.39 is 0 Å². The average Bonchev–Trinajstić information content (AvgIpc) is 2.89. The van der Waals surface area contributed by atoms with Gasteiger partial charge in [-0.1, -0.05) is 19.0 Å². The number of nitrogens with one attached hydrogen (secondary N) is 1. The van der Waals surface area contributed by atoms with Crippen molar-refractivity contribution in [2.75, 3.05) is 13.1 Å². The van der Waals surface area contributed by atoms with E-state index in [2.05, 4.69) is 15.6 Å². The highest BCUT2D eigenvalue weighted by Gasteiger charge is 2.22. The van der Waals surface area contributed by atoms with Crippen LogP contribution in [0.3, 0.4) is 0 Å². The maximum absolute atomic E-state index is 8.67. The van der Waals surface area contributed by atoms with Crippen molar-refractivity contribution in [3.8, 4) is 0 Å². The van der Waals surface area contributed by atoms with E-state index in [1.165, 1.54) is 0 Å². The van der Waals surface area contributed by atoms with Gasteiger partial charge in [-0.25, -0.2) is 0 Å². The zero-order valence-electron chi connectivity index (χ0n) is 11.8. The zero-order valence-corrected chi connectivity index (χ0v) is 11.8. The molecule has 1 rings (SSSR count). The molecule has 0 saturated carbocycles. The summed E-state index contributed by atoms with van der Waals surface area (Å²) in [4.78, 5) is 0. The van der Waals surface area contributed by atoms with Gasteiger partial charge >= 0.3 is 0 Å². The number of oxime groups is 1. The summed E-state index contributed by atoms with van der Waals surface area (Å²) in [6, 6.07) is 1.93. The SMILES string of the molecule is CC(C)(CCCNCCCn1cccn1)/C(N)=N/O. The summed E-state index contributed by atoms with van der Waals surface area (Å²) in [5.74, 6) is 0.297. The lowest BCUT2D eigenvalue weighted by molar-refractivity contribution is 0.304. The van der Waals surface area contributed by atoms with E-state index in [1.807, 2.05) is 30.8 Å². The van der Waals surface area contributed by atoms with Crippen LogP contribution < -0.4 is 11.1 Å². The molecule has 1 heterocycles. The molecule has 6 heteroatoms. The molecular weight excluding hydrogens is 242 g/mol. The molecule has 0 amide bonds. The molecule has 6 nitrogen and oxygen atoms in total. The first-order valence-electron chi connectivity index (χ1n) is 6.72. The highest BCUT2D eigenvalue weighted by molar-refractivity contribution is 5.85. The quantitative estimate of drug-likeness (QED) is 0.207. The average molecular weight is 267 g/mol. The van der Waals surface area contributed by atoms with E-state index in [-0.39, 0.29) is 5.41 Å². The molecule has 0 spiro atoms. The highest BCUT2D eigenvalue weighted by Crippen LogP contribution is 2.21. The fourth-order valence-electron chi connectivity index (χ4n) is 1.84. The zero-order chi connectivity index (χ0) is 14.1. The largest absolute Gasteiger partial charge is 0.409 e. The molecule has 1 aromatic heterocycles. The van der Waals surface area contributed by atoms with Crippen LogP contribution in [0, 0.1) is 5.41 Å². The maximum atomic E-state index is 8.67. The third-order valence-corrected chi connectivity index (χ3v) is 3.26. The first-order valence-corrected chi connectivity index (χ1v) is 6.72. The minimum Gasteiger partial charge on any atom is -0.409 e. The van der Waals surface area contributed by atoms with Crippen LogP contribution in [-0.2, 0) is 6.54 Å². The molecule has 0 bridgehead atoms. The highest BCUT2D eigenvalue weighted by atomic mass is 16.4. The maximum Gasteiger partial charge on any atom is 0.144 e. The lowest BCUT2D eigenvalue weighted by Crippen LogP contribution is -2.32. The van der Waals surface area contributed by atoms with Gasteiger partial charge in [0.15, 0.2) is 0 Å². The first kappa shape index (κ1) is 15.5. The van der Waals surface area contributed by atoms with E-state index in [9.17, 15) is 0 Å². The van der Waals surface area contributed by atoms with Crippen LogP contribution in [0.1, 0.15) is 33.1 Å². The van der Waals surface area contributed by atoms with Gasteiger partial charge in [-0.15, -0.1) is 0 Å². The summed E-state index contributed by atoms with van der Waals surface area (Å²) in [7, 11) is 0. The second-order valence-electron chi connectivity index (χ2n) is 5.35. The molecule has 0 aliphatic rings. The Morgan fingerprint density at radius 3 is 2.79 bits per heavy atom. The molecule has 0 fully saturated rings. The Labute approximate surface area is 114 Å². The van der Waals surface area contributed by atoms with Crippen molar-refractivity contribution < 1.29 is 5.21 Å². The topological polar surface area (TPSA) is 88.5 Å². The molecule has 108 valence electrons. The van der Waals surface area contributed by atoms with Crippen LogP contribution in [0.15, 0.2) is 23.6 Å². The van der Waals surface area contributed by atoms with E-state index >= 15 is 0 Å². The molecule has 0 unspecified atom stereocenters. The minimum absolute atomic E-state index is 0.245. The fourth-order valence-corrected chi connectivity index (χ4v) is 1.84. The fraction of sp³-hybridized carbons (Fsp3) is 0.692. The summed E-state index contributed by atoms with van der Waals surface area (Å²) >= 11 is 0. The van der Waals surface area contributed by atoms with Crippen molar-refractivity contribution in [1.29, 1.82) is 0 Å². The van der Waals surface area contributed by atoms with Gasteiger partial charge in [0.25, 0.3) is 0 Å². The number of aryl methyl sites for hydroxylation is 1. The second-order valence-corrected chi connectivity index (χ2v) is 5.35. The number of hydrogen-bond donors (Lipinski definition) is 3. The van der Waals surface area contributed by atoms with Gasteiger partial charge in [0.05, 0.1) is 0 Å². The summed E-state index contributed by atoms with van der Waals surface area (Å²) < 4.78 is 1.93. The van der Waals surface area contributed by atoms with Gasteiger partial charge in [0.2, 0.25) is 0 Å². The smallest absolute Gasteiger partial charge is 0.144 e. The van der Waals surface area contributed by atoms with E-state index in [1.54, 1.807) is 6.20 Å². The molecule has 1 aromatic rings. The second kappa shape index (κ2) is 7.78. The Bertz CT molecular complexity index is 372. The summed E-state index contributed by atoms with van der Waals surface area (Å²) in [5, 5.41) is 19.3. The number of aromatic nitrogens is 2. The van der Waals surface area contributed by atoms with Crippen LogP contribution in [0.2, 0.25) is 0 Å². The number of nitrogens with two attached hydrogens (primary N) is 1. The van der Waals surface area contributed by atoms with Crippen molar-refractivity contribution in [3.05, 3.63) is 18.5 Å². The third kappa shape index (κ3) is 5.74. The summed E-state index contributed by atoms with van der Waals surface area (Å²) in [5.41, 5.74) is 5.39. The normalized spacial score (nSPS) is 12.8. The van der Waals surface area contributed by atoms with Crippen molar-refractivity contribution in [1.82, 2.24) is 15.1 Å². The molecule has 0 atom stereocenters. The molecule has 0 aromatic carbocycles. The predicted molar refractivity (Wildman–Crippen MR) is 76.1 cm³/mol. The Morgan fingerprint density at radius 1 is 1.42 bits per heavy atom. The molecule has 0 saturated heterocycles. The van der Waals surface area contributed by atoms with E-state index in [0.717, 1.165) is 38.9 Å². The lowest BCUT2D eigenvalue weighted by atomic mass is 9.86. The Hall–Kier alpha value is -1.56. The number of hydrogen-bond acceptors (Lipinski definition) is 4. The summed E-state index contributed by atoms with van der Waals surface area (Å²) in [6.45, 7) is 6.83. The monoisotopic (exact) mass is 267 g/mol. The third-order valence-electron chi connectivity index (χ3n) is 3.26. The van der Waals surface area contributed by atoms with Gasteiger partial charge in [-0.2, -0.15) is 5.10 Å². The lowest BCUT2D eigenvalue weighted by Gasteiger charge is -2.22. The number of amidine groups is 1. The van der Waals surface area contributed by atoms with Gasteiger partial charge in [-0.05, 0) is 38.4 Å². The Morgan fingerprint density at radius 2 is 2.16 bits per heavy atom. The standard InChI is InChI=1S/C13H25N5O/c1-13(2,12(14)17-19)6-3-7-15-8-4-10-18-11-5-9-16-18/h5,9,11,15,19H,3-4,6-8,10H2,1-2H3,(H2,14,17). The molecule has 0 radical (unpaired) electrons. The molecule has 4 N–H and O–H groups in total. The van der Waals surface area contributed by atoms with Gasteiger partial charge in [0.1, 0.15) is 5.84 Å². The van der Waals surface area contributed by atoms with E-state index in [4.69, 9.17) is 10.9 Å². The molecule has 0 aliphatic heterocycles. The van der Waals surface area contributed by atoms with Crippen molar-refractivity contribution in [3.63, 3.8) is 0 Å². The van der Waals surface area contributed by atoms with E-state index in [0.29, 0.717) is 5.84 Å². The minimum atomic E-state index is -0.245. The molecular formula is C13H25N5O. The van der Waals surface area contributed by atoms with Gasteiger partial charge < -0.3 is 16.3 Å². The number of nitrogens with zero attached hydrogens (tertiary/aromatic N) is 3. The predicted octanol–water partition coefficient (Wildman–Crippen LogP) is 1.42. The van der Waals surface area contributed by atoms with Crippen LogP contribution in [0.5, 0.6) is 0 Å². The van der Waals surface area contributed by atoms with Crippen molar-refractivity contribution in [2.45, 2.75) is 39.7 Å². The summed E-state index contributed by atoms with van der Waals surface area (Å²) in [6.07, 6.45) is 6.73. The van der Waals surface area contributed by atoms with Crippen LogP contribution in [0.25, 0.3) is 0 Å².